The van der Waals surface area contributed by atoms with Crippen LogP contribution in [0.25, 0.3) is 0 Å². The largest absolute Gasteiger partial charge is 0.508 e. The van der Waals surface area contributed by atoms with E-state index in [0.29, 0.717) is 5.69 Å². The topological polar surface area (TPSA) is 69.6 Å². The first-order valence-corrected chi connectivity index (χ1v) is 4.97. The molecule has 0 bridgehead atoms. The number of phenolic OH excluding ortho intramolecular Hbond substituents is 1. The first-order valence-electron chi connectivity index (χ1n) is 4.97. The Hall–Kier alpha value is -2.04. The number of anilines is 1. The lowest BCUT2D eigenvalue weighted by Gasteiger charge is -2.33. The average Bonchev–Trinajstić information content (AvgIpc) is 2.23. The summed E-state index contributed by atoms with van der Waals surface area (Å²) in [5.74, 6) is -0.533. The molecule has 1 aliphatic rings. The monoisotopic (exact) mass is 220 g/mol. The number of carbonyl (C=O) groups excluding carboxylic acids is 2. The number of imide groups is 1. The number of carbonyl (C=O) groups is 2. The summed E-state index contributed by atoms with van der Waals surface area (Å²) in [6.07, 6.45) is 0. The van der Waals surface area contributed by atoms with E-state index in [9.17, 15) is 14.7 Å². The van der Waals surface area contributed by atoms with Crippen molar-refractivity contribution in [3.05, 3.63) is 24.3 Å². The third-order valence-electron chi connectivity index (χ3n) is 2.58. The summed E-state index contributed by atoms with van der Waals surface area (Å²) in [4.78, 5) is 24.3. The summed E-state index contributed by atoms with van der Waals surface area (Å²) in [5.41, 5.74) is 0.663. The van der Waals surface area contributed by atoms with Gasteiger partial charge in [-0.3, -0.25) is 14.9 Å². The highest BCUT2D eigenvalue weighted by atomic mass is 16.3. The molecular weight excluding hydrogens is 208 g/mol. The maximum Gasteiger partial charge on any atom is 0.249 e. The molecule has 0 aromatic heterocycles. The number of amides is 2. The number of aromatic hydroxyl groups is 1. The van der Waals surface area contributed by atoms with Gasteiger partial charge in [-0.15, -0.1) is 0 Å². The van der Waals surface area contributed by atoms with E-state index in [1.165, 1.54) is 6.07 Å². The van der Waals surface area contributed by atoms with Crippen LogP contribution in [-0.2, 0) is 9.59 Å². The number of piperazine rings is 1. The van der Waals surface area contributed by atoms with E-state index in [-0.39, 0.29) is 24.1 Å². The van der Waals surface area contributed by atoms with Gasteiger partial charge in [0.15, 0.2) is 0 Å². The highest BCUT2D eigenvalue weighted by molar-refractivity contribution is 6.04. The standard InChI is InChI=1S/C11H12N2O3/c1-7-11(16)12-10(15)6-13(7)8-3-2-4-9(14)5-8/h2-5,7,14H,6H2,1H3,(H,12,15,16). The van der Waals surface area contributed by atoms with Crippen LogP contribution >= 0.6 is 0 Å². The van der Waals surface area contributed by atoms with Gasteiger partial charge in [-0.1, -0.05) is 6.07 Å². The molecule has 2 amide bonds. The van der Waals surface area contributed by atoms with Crippen LogP contribution < -0.4 is 10.2 Å². The van der Waals surface area contributed by atoms with Crippen LogP contribution in [0.3, 0.4) is 0 Å². The molecule has 84 valence electrons. The smallest absolute Gasteiger partial charge is 0.249 e. The molecule has 0 saturated carbocycles. The Morgan fingerprint density at radius 2 is 2.19 bits per heavy atom. The third kappa shape index (κ3) is 1.84. The molecule has 0 spiro atoms. The summed E-state index contributed by atoms with van der Waals surface area (Å²) in [6.45, 7) is 1.84. The number of rotatable bonds is 1. The Kier molecular flexibility index (Phi) is 2.52. The minimum absolute atomic E-state index is 0.114. The zero-order valence-electron chi connectivity index (χ0n) is 8.80. The Bertz CT molecular complexity index is 445. The lowest BCUT2D eigenvalue weighted by molar-refractivity contribution is -0.132. The third-order valence-corrected chi connectivity index (χ3v) is 2.58. The van der Waals surface area contributed by atoms with Gasteiger partial charge in [-0.05, 0) is 19.1 Å². The minimum atomic E-state index is -0.417. The van der Waals surface area contributed by atoms with E-state index in [1.54, 1.807) is 30.0 Å². The van der Waals surface area contributed by atoms with Gasteiger partial charge < -0.3 is 10.0 Å². The van der Waals surface area contributed by atoms with Crippen molar-refractivity contribution in [2.24, 2.45) is 0 Å². The molecular formula is C11H12N2O3. The van der Waals surface area contributed by atoms with Crippen molar-refractivity contribution in [3.8, 4) is 5.75 Å². The number of nitrogens with one attached hydrogen (secondary N) is 1. The zero-order valence-corrected chi connectivity index (χ0v) is 8.80. The lowest BCUT2D eigenvalue weighted by Crippen LogP contribution is -2.57. The number of hydrogen-bond acceptors (Lipinski definition) is 4. The number of nitrogens with zero attached hydrogens (tertiary/aromatic N) is 1. The van der Waals surface area contributed by atoms with Crippen LogP contribution in [0.5, 0.6) is 5.75 Å². The average molecular weight is 220 g/mol. The van der Waals surface area contributed by atoms with Gasteiger partial charge in [-0.25, -0.2) is 0 Å². The molecule has 1 heterocycles. The molecule has 1 unspecified atom stereocenters. The zero-order chi connectivity index (χ0) is 11.7. The second-order valence-electron chi connectivity index (χ2n) is 3.74. The molecule has 5 nitrogen and oxygen atoms in total. The Morgan fingerprint density at radius 3 is 2.88 bits per heavy atom. The maximum absolute atomic E-state index is 11.4. The Balaban J connectivity index is 2.32. The summed E-state index contributed by atoms with van der Waals surface area (Å²) in [5, 5.41) is 11.6. The highest BCUT2D eigenvalue weighted by Crippen LogP contribution is 2.22. The van der Waals surface area contributed by atoms with E-state index in [4.69, 9.17) is 0 Å². The normalized spacial score (nSPS) is 20.8. The van der Waals surface area contributed by atoms with Gasteiger partial charge in [0.2, 0.25) is 11.8 Å². The van der Waals surface area contributed by atoms with Crippen molar-refractivity contribution in [2.45, 2.75) is 13.0 Å². The van der Waals surface area contributed by atoms with Gasteiger partial charge in [0.25, 0.3) is 0 Å². The van der Waals surface area contributed by atoms with Crippen molar-refractivity contribution in [3.63, 3.8) is 0 Å². The van der Waals surface area contributed by atoms with Gasteiger partial charge in [-0.2, -0.15) is 0 Å². The lowest BCUT2D eigenvalue weighted by atomic mass is 10.1. The SMILES string of the molecule is CC1C(=O)NC(=O)CN1c1cccc(O)c1. The number of benzene rings is 1. The quantitative estimate of drug-likeness (QED) is 0.665. The van der Waals surface area contributed by atoms with Gasteiger partial charge in [0.05, 0.1) is 6.54 Å². The van der Waals surface area contributed by atoms with Crippen molar-refractivity contribution in [1.82, 2.24) is 5.32 Å². The molecule has 1 atom stereocenters. The van der Waals surface area contributed by atoms with Gasteiger partial charge in [0, 0.05) is 11.8 Å². The molecule has 1 aromatic carbocycles. The highest BCUT2D eigenvalue weighted by Gasteiger charge is 2.30. The molecule has 1 aliphatic heterocycles. The molecule has 0 radical (unpaired) electrons. The number of hydrogen-bond donors (Lipinski definition) is 2. The van der Waals surface area contributed by atoms with Crippen molar-refractivity contribution in [2.75, 3.05) is 11.4 Å². The molecule has 1 saturated heterocycles. The second-order valence-corrected chi connectivity index (χ2v) is 3.74. The summed E-state index contributed by atoms with van der Waals surface area (Å²) >= 11 is 0. The number of phenols is 1. The molecule has 16 heavy (non-hydrogen) atoms. The molecule has 2 N–H and O–H groups in total. The van der Waals surface area contributed by atoms with E-state index in [0.717, 1.165) is 0 Å². The summed E-state index contributed by atoms with van der Waals surface area (Å²) < 4.78 is 0. The second kappa shape index (κ2) is 3.84. The first kappa shape index (κ1) is 10.5. The van der Waals surface area contributed by atoms with E-state index >= 15 is 0 Å². The Labute approximate surface area is 92.7 Å². The molecule has 2 rings (SSSR count). The van der Waals surface area contributed by atoms with Crippen LogP contribution in [0.15, 0.2) is 24.3 Å². The minimum Gasteiger partial charge on any atom is -0.508 e. The van der Waals surface area contributed by atoms with E-state index in [2.05, 4.69) is 5.32 Å². The van der Waals surface area contributed by atoms with Crippen LogP contribution in [0.2, 0.25) is 0 Å². The van der Waals surface area contributed by atoms with Crippen molar-refractivity contribution >= 4 is 17.5 Å². The fraction of sp³-hybridized carbons (Fsp3) is 0.273. The van der Waals surface area contributed by atoms with Crippen LogP contribution in [0.1, 0.15) is 6.92 Å². The molecule has 0 aliphatic carbocycles. The predicted molar refractivity (Wildman–Crippen MR) is 58.1 cm³/mol. The molecule has 1 fully saturated rings. The summed E-state index contributed by atoms with van der Waals surface area (Å²) in [6, 6.07) is 6.08. The van der Waals surface area contributed by atoms with Crippen LogP contribution in [0, 0.1) is 0 Å². The van der Waals surface area contributed by atoms with Crippen LogP contribution in [0.4, 0.5) is 5.69 Å². The maximum atomic E-state index is 11.4. The fourth-order valence-electron chi connectivity index (χ4n) is 1.70. The van der Waals surface area contributed by atoms with E-state index in [1.807, 2.05) is 0 Å². The van der Waals surface area contributed by atoms with E-state index < -0.39 is 6.04 Å². The fourth-order valence-corrected chi connectivity index (χ4v) is 1.70. The van der Waals surface area contributed by atoms with Crippen LogP contribution in [-0.4, -0.2) is 29.5 Å². The van der Waals surface area contributed by atoms with Gasteiger partial charge >= 0.3 is 0 Å². The Morgan fingerprint density at radius 1 is 1.44 bits per heavy atom. The molecule has 1 aromatic rings. The summed E-state index contributed by atoms with van der Waals surface area (Å²) in [7, 11) is 0. The van der Waals surface area contributed by atoms with Gasteiger partial charge in [0.1, 0.15) is 11.8 Å². The first-order chi connectivity index (χ1) is 7.58. The van der Waals surface area contributed by atoms with Crippen molar-refractivity contribution in [1.29, 1.82) is 0 Å². The predicted octanol–water partition coefficient (Wildman–Crippen LogP) is 0.243. The van der Waals surface area contributed by atoms with Crippen molar-refractivity contribution < 1.29 is 14.7 Å². The molecule has 5 heteroatoms.